The molecule has 1 aromatic rings. The van der Waals surface area contributed by atoms with Crippen molar-refractivity contribution in [2.24, 2.45) is 0 Å². The second-order valence-corrected chi connectivity index (χ2v) is 6.73. The SMILES string of the molecule is CCCCN(CC1CCCN1)c1ccc(I)cc1[N+](=O)[O-]. The molecule has 1 heterocycles. The van der Waals surface area contributed by atoms with Gasteiger partial charge in [-0.2, -0.15) is 0 Å². The first-order valence-corrected chi connectivity index (χ1v) is 8.62. The molecule has 1 saturated heterocycles. The van der Waals surface area contributed by atoms with Crippen molar-refractivity contribution in [2.75, 3.05) is 24.5 Å². The van der Waals surface area contributed by atoms with Gasteiger partial charge in [-0.3, -0.25) is 10.1 Å². The summed E-state index contributed by atoms with van der Waals surface area (Å²) in [5, 5.41) is 14.8. The van der Waals surface area contributed by atoms with Gasteiger partial charge in [-0.15, -0.1) is 0 Å². The fourth-order valence-electron chi connectivity index (χ4n) is 2.75. The van der Waals surface area contributed by atoms with Crippen molar-refractivity contribution in [1.29, 1.82) is 0 Å². The molecule has 0 aliphatic carbocycles. The van der Waals surface area contributed by atoms with E-state index < -0.39 is 0 Å². The largest absolute Gasteiger partial charge is 0.364 e. The van der Waals surface area contributed by atoms with Crippen LogP contribution in [0.4, 0.5) is 11.4 Å². The molecule has 21 heavy (non-hydrogen) atoms. The number of nitrogens with one attached hydrogen (secondary N) is 1. The van der Waals surface area contributed by atoms with Crippen molar-refractivity contribution < 1.29 is 4.92 Å². The van der Waals surface area contributed by atoms with E-state index in [2.05, 4.69) is 39.7 Å². The summed E-state index contributed by atoms with van der Waals surface area (Å²) < 4.78 is 0.900. The molecule has 1 atom stereocenters. The molecule has 0 saturated carbocycles. The highest BCUT2D eigenvalue weighted by molar-refractivity contribution is 14.1. The van der Waals surface area contributed by atoms with E-state index in [9.17, 15) is 10.1 Å². The molecule has 0 spiro atoms. The molecular weight excluding hydrogens is 381 g/mol. The standard InChI is InChI=1S/C15H22IN3O2/c1-2-3-9-18(11-13-5-4-8-17-13)14-7-6-12(16)10-15(14)19(20)21/h6-7,10,13,17H,2-5,8-9,11H2,1H3. The molecule has 6 heteroatoms. The number of nitro groups is 1. The molecule has 2 rings (SSSR count). The highest BCUT2D eigenvalue weighted by Crippen LogP contribution is 2.30. The Morgan fingerprint density at radius 3 is 2.95 bits per heavy atom. The van der Waals surface area contributed by atoms with Gasteiger partial charge in [0.2, 0.25) is 0 Å². The lowest BCUT2D eigenvalue weighted by molar-refractivity contribution is -0.384. The van der Waals surface area contributed by atoms with Gasteiger partial charge in [0.1, 0.15) is 5.69 Å². The summed E-state index contributed by atoms with van der Waals surface area (Å²) in [5.41, 5.74) is 0.971. The summed E-state index contributed by atoms with van der Waals surface area (Å²) >= 11 is 2.12. The highest BCUT2D eigenvalue weighted by Gasteiger charge is 2.23. The van der Waals surface area contributed by atoms with E-state index in [-0.39, 0.29) is 10.6 Å². The van der Waals surface area contributed by atoms with Gasteiger partial charge in [-0.25, -0.2) is 0 Å². The Balaban J connectivity index is 2.23. The molecule has 0 aromatic heterocycles. The lowest BCUT2D eigenvalue weighted by atomic mass is 10.1. The summed E-state index contributed by atoms with van der Waals surface area (Å²) in [6.45, 7) is 4.92. The van der Waals surface area contributed by atoms with Gasteiger partial charge in [0.15, 0.2) is 0 Å². The lowest BCUT2D eigenvalue weighted by Crippen LogP contribution is -2.38. The zero-order valence-corrected chi connectivity index (χ0v) is 14.5. The van der Waals surface area contributed by atoms with Crippen molar-refractivity contribution >= 4 is 34.0 Å². The molecule has 0 radical (unpaired) electrons. The maximum Gasteiger partial charge on any atom is 0.293 e. The minimum atomic E-state index is -0.265. The van der Waals surface area contributed by atoms with Crippen molar-refractivity contribution in [2.45, 2.75) is 38.6 Å². The molecule has 5 nitrogen and oxygen atoms in total. The van der Waals surface area contributed by atoms with Crippen LogP contribution in [0.1, 0.15) is 32.6 Å². The van der Waals surface area contributed by atoms with E-state index in [1.165, 1.54) is 6.42 Å². The molecule has 1 unspecified atom stereocenters. The second kappa shape index (κ2) is 7.93. The molecular formula is C15H22IN3O2. The Kier molecular flexibility index (Phi) is 6.22. The van der Waals surface area contributed by atoms with Crippen molar-refractivity contribution in [3.05, 3.63) is 31.9 Å². The Morgan fingerprint density at radius 2 is 2.33 bits per heavy atom. The van der Waals surface area contributed by atoms with Crippen LogP contribution in [0.3, 0.4) is 0 Å². The molecule has 1 aromatic carbocycles. The van der Waals surface area contributed by atoms with Gasteiger partial charge in [0, 0.05) is 28.8 Å². The van der Waals surface area contributed by atoms with Crippen LogP contribution in [-0.2, 0) is 0 Å². The summed E-state index contributed by atoms with van der Waals surface area (Å²) in [6, 6.07) is 5.95. The van der Waals surface area contributed by atoms with Crippen LogP contribution < -0.4 is 10.2 Å². The zero-order valence-electron chi connectivity index (χ0n) is 12.3. The van der Waals surface area contributed by atoms with Crippen molar-refractivity contribution in [1.82, 2.24) is 5.32 Å². The fourth-order valence-corrected chi connectivity index (χ4v) is 3.22. The minimum Gasteiger partial charge on any atom is -0.364 e. The van der Waals surface area contributed by atoms with E-state index in [4.69, 9.17) is 0 Å². The minimum absolute atomic E-state index is 0.219. The van der Waals surface area contributed by atoms with Gasteiger partial charge in [0.05, 0.1) is 4.92 Å². The van der Waals surface area contributed by atoms with E-state index in [0.29, 0.717) is 6.04 Å². The van der Waals surface area contributed by atoms with E-state index in [1.54, 1.807) is 6.07 Å². The van der Waals surface area contributed by atoms with E-state index in [1.807, 2.05) is 12.1 Å². The maximum absolute atomic E-state index is 11.3. The van der Waals surface area contributed by atoms with Gasteiger partial charge < -0.3 is 10.2 Å². The van der Waals surface area contributed by atoms with Gasteiger partial charge in [-0.1, -0.05) is 13.3 Å². The van der Waals surface area contributed by atoms with Crippen LogP contribution in [0.5, 0.6) is 0 Å². The Labute approximate surface area is 139 Å². The maximum atomic E-state index is 11.3. The smallest absolute Gasteiger partial charge is 0.293 e. The quantitative estimate of drug-likeness (QED) is 0.430. The molecule has 0 amide bonds. The second-order valence-electron chi connectivity index (χ2n) is 5.48. The first kappa shape index (κ1) is 16.5. The topological polar surface area (TPSA) is 58.4 Å². The fraction of sp³-hybridized carbons (Fsp3) is 0.600. The van der Waals surface area contributed by atoms with Crippen molar-refractivity contribution in [3.8, 4) is 0 Å². The van der Waals surface area contributed by atoms with Crippen molar-refractivity contribution in [3.63, 3.8) is 0 Å². The van der Waals surface area contributed by atoms with Crippen LogP contribution >= 0.6 is 22.6 Å². The first-order chi connectivity index (χ1) is 10.1. The third kappa shape index (κ3) is 4.54. The number of hydrogen-bond donors (Lipinski definition) is 1. The molecule has 116 valence electrons. The average molecular weight is 403 g/mol. The normalized spacial score (nSPS) is 17.9. The summed E-state index contributed by atoms with van der Waals surface area (Å²) in [5.74, 6) is 0. The summed E-state index contributed by atoms with van der Waals surface area (Å²) in [4.78, 5) is 13.3. The van der Waals surface area contributed by atoms with Crippen LogP contribution in [-0.4, -0.2) is 30.6 Å². The summed E-state index contributed by atoms with van der Waals surface area (Å²) in [7, 11) is 0. The number of anilines is 1. The molecule has 1 aliphatic rings. The van der Waals surface area contributed by atoms with Gasteiger partial charge >= 0.3 is 0 Å². The Hall–Kier alpha value is -0.890. The van der Waals surface area contributed by atoms with Crippen LogP contribution in [0, 0.1) is 13.7 Å². The number of rotatable bonds is 7. The van der Waals surface area contributed by atoms with E-state index in [0.717, 1.165) is 48.2 Å². The van der Waals surface area contributed by atoms with Gasteiger partial charge in [-0.05, 0) is 60.5 Å². The number of nitro benzene ring substituents is 1. The average Bonchev–Trinajstić information content (AvgIpc) is 2.96. The zero-order chi connectivity index (χ0) is 15.2. The first-order valence-electron chi connectivity index (χ1n) is 7.54. The third-order valence-corrected chi connectivity index (χ3v) is 4.53. The predicted molar refractivity (Wildman–Crippen MR) is 94.0 cm³/mol. The van der Waals surface area contributed by atoms with Crippen LogP contribution in [0.15, 0.2) is 18.2 Å². The molecule has 1 aliphatic heterocycles. The van der Waals surface area contributed by atoms with E-state index >= 15 is 0 Å². The highest BCUT2D eigenvalue weighted by atomic mass is 127. The third-order valence-electron chi connectivity index (χ3n) is 3.86. The number of hydrogen-bond acceptors (Lipinski definition) is 4. The lowest BCUT2D eigenvalue weighted by Gasteiger charge is -2.27. The molecule has 0 bridgehead atoms. The number of halogens is 1. The van der Waals surface area contributed by atoms with Gasteiger partial charge in [0.25, 0.3) is 5.69 Å². The number of unbranched alkanes of at least 4 members (excludes halogenated alkanes) is 1. The predicted octanol–water partition coefficient (Wildman–Crippen LogP) is 3.56. The number of benzene rings is 1. The van der Waals surface area contributed by atoms with Crippen LogP contribution in [0.2, 0.25) is 0 Å². The molecule has 1 N–H and O–H groups in total. The van der Waals surface area contributed by atoms with Crippen LogP contribution in [0.25, 0.3) is 0 Å². The Bertz CT molecular complexity index is 490. The molecule has 1 fully saturated rings. The Morgan fingerprint density at radius 1 is 1.52 bits per heavy atom. The summed E-state index contributed by atoms with van der Waals surface area (Å²) in [6.07, 6.45) is 4.49. The number of nitrogens with zero attached hydrogens (tertiary/aromatic N) is 2. The monoisotopic (exact) mass is 403 g/mol.